The van der Waals surface area contributed by atoms with Crippen molar-refractivity contribution in [3.05, 3.63) is 0 Å². The summed E-state index contributed by atoms with van der Waals surface area (Å²) in [6.45, 7) is 8.72. The van der Waals surface area contributed by atoms with Crippen molar-refractivity contribution in [2.45, 2.75) is 32.2 Å². The normalized spacial score (nSPS) is 27.5. The molecule has 5 heteroatoms. The molecule has 0 aromatic heterocycles. The third-order valence-corrected chi connectivity index (χ3v) is 4.57. The van der Waals surface area contributed by atoms with E-state index in [-0.39, 0.29) is 6.54 Å². The Labute approximate surface area is 115 Å². The fraction of sp³-hybridized carbons (Fsp3) is 0.929. The molecule has 0 saturated carbocycles. The number of hydrogen-bond donors (Lipinski definition) is 2. The van der Waals surface area contributed by atoms with Crippen LogP contribution in [0.4, 0.5) is 0 Å². The second-order valence-corrected chi connectivity index (χ2v) is 5.84. The maximum absolute atomic E-state index is 10.9. The Morgan fingerprint density at radius 3 is 2.68 bits per heavy atom. The first-order valence-corrected chi connectivity index (χ1v) is 7.58. The number of hydrogen-bond acceptors (Lipinski definition) is 4. The number of piperazine rings is 1. The molecular formula is C14H27N3O2. The van der Waals surface area contributed by atoms with Crippen LogP contribution in [0, 0.1) is 5.92 Å². The van der Waals surface area contributed by atoms with Crippen LogP contribution < -0.4 is 5.32 Å². The molecular weight excluding hydrogens is 242 g/mol. The zero-order valence-electron chi connectivity index (χ0n) is 12.0. The summed E-state index contributed by atoms with van der Waals surface area (Å²) in [5.41, 5.74) is 0. The molecule has 0 radical (unpaired) electrons. The predicted molar refractivity (Wildman–Crippen MR) is 75.3 cm³/mol. The van der Waals surface area contributed by atoms with Crippen LogP contribution in [-0.2, 0) is 4.79 Å². The summed E-state index contributed by atoms with van der Waals surface area (Å²) >= 11 is 0. The van der Waals surface area contributed by atoms with Crippen LogP contribution in [0.25, 0.3) is 0 Å². The molecule has 0 aromatic carbocycles. The quantitative estimate of drug-likeness (QED) is 0.760. The lowest BCUT2D eigenvalue weighted by atomic mass is 9.89. The largest absolute Gasteiger partial charge is 0.480 e. The van der Waals surface area contributed by atoms with Gasteiger partial charge in [0.15, 0.2) is 0 Å². The molecule has 1 atom stereocenters. The Hall–Kier alpha value is -0.650. The third-order valence-electron chi connectivity index (χ3n) is 4.57. The Morgan fingerprint density at radius 2 is 2.05 bits per heavy atom. The molecule has 0 aromatic rings. The van der Waals surface area contributed by atoms with E-state index >= 15 is 0 Å². The predicted octanol–water partition coefficient (Wildman–Crippen LogP) is 0.467. The van der Waals surface area contributed by atoms with Crippen molar-refractivity contribution in [1.82, 2.24) is 15.1 Å². The van der Waals surface area contributed by atoms with Gasteiger partial charge in [-0.25, -0.2) is 0 Å². The van der Waals surface area contributed by atoms with Crippen LogP contribution >= 0.6 is 0 Å². The molecule has 2 N–H and O–H groups in total. The number of piperidine rings is 1. The molecule has 19 heavy (non-hydrogen) atoms. The van der Waals surface area contributed by atoms with Crippen LogP contribution in [0.1, 0.15) is 26.2 Å². The smallest absolute Gasteiger partial charge is 0.317 e. The molecule has 2 aliphatic rings. The molecule has 0 spiro atoms. The number of rotatable bonds is 5. The number of carbonyl (C=O) groups is 1. The van der Waals surface area contributed by atoms with Gasteiger partial charge in [-0.1, -0.05) is 6.92 Å². The van der Waals surface area contributed by atoms with Crippen LogP contribution in [0.2, 0.25) is 0 Å². The molecule has 2 heterocycles. The number of nitrogens with one attached hydrogen (secondary N) is 1. The number of aliphatic carboxylic acids is 1. The minimum absolute atomic E-state index is 0.195. The number of likely N-dealkylation sites (tertiary alicyclic amines) is 1. The minimum Gasteiger partial charge on any atom is -0.480 e. The van der Waals surface area contributed by atoms with E-state index in [9.17, 15) is 4.79 Å². The standard InChI is InChI=1S/C14H27N3O2/c1-2-16-6-3-12(4-7-16)9-13-10-15-5-8-17(13)11-14(18)19/h12-13,15H,2-11H2,1H3,(H,18,19). The van der Waals surface area contributed by atoms with E-state index in [4.69, 9.17) is 5.11 Å². The van der Waals surface area contributed by atoms with Crippen molar-refractivity contribution >= 4 is 5.97 Å². The van der Waals surface area contributed by atoms with E-state index in [1.165, 1.54) is 25.9 Å². The van der Waals surface area contributed by atoms with Crippen molar-refractivity contribution in [2.75, 3.05) is 45.8 Å². The van der Waals surface area contributed by atoms with Crippen molar-refractivity contribution in [3.8, 4) is 0 Å². The minimum atomic E-state index is -0.701. The topological polar surface area (TPSA) is 55.8 Å². The third kappa shape index (κ3) is 4.44. The second-order valence-electron chi connectivity index (χ2n) is 5.84. The maximum atomic E-state index is 10.9. The molecule has 2 rings (SSSR count). The molecule has 2 aliphatic heterocycles. The Morgan fingerprint density at radius 1 is 1.32 bits per heavy atom. The summed E-state index contributed by atoms with van der Waals surface area (Å²) in [5.74, 6) is 0.0664. The average Bonchev–Trinajstić information content (AvgIpc) is 2.41. The zero-order valence-corrected chi connectivity index (χ0v) is 12.0. The Balaban J connectivity index is 1.80. The number of carboxylic acid groups (broad SMARTS) is 1. The van der Waals surface area contributed by atoms with Gasteiger partial charge in [0.1, 0.15) is 0 Å². The molecule has 0 amide bonds. The van der Waals surface area contributed by atoms with Gasteiger partial charge in [-0.3, -0.25) is 9.69 Å². The van der Waals surface area contributed by atoms with E-state index in [2.05, 4.69) is 22.0 Å². The number of nitrogens with zero attached hydrogens (tertiary/aromatic N) is 2. The van der Waals surface area contributed by atoms with Gasteiger partial charge in [0.05, 0.1) is 6.54 Å². The van der Waals surface area contributed by atoms with Gasteiger partial charge in [0.25, 0.3) is 0 Å². The van der Waals surface area contributed by atoms with E-state index in [0.29, 0.717) is 6.04 Å². The van der Waals surface area contributed by atoms with Gasteiger partial charge < -0.3 is 15.3 Å². The van der Waals surface area contributed by atoms with Crippen molar-refractivity contribution in [3.63, 3.8) is 0 Å². The monoisotopic (exact) mass is 269 g/mol. The highest BCUT2D eigenvalue weighted by atomic mass is 16.4. The van der Waals surface area contributed by atoms with Gasteiger partial charge in [0, 0.05) is 25.7 Å². The van der Waals surface area contributed by atoms with Gasteiger partial charge in [0.2, 0.25) is 0 Å². The molecule has 0 aliphatic carbocycles. The van der Waals surface area contributed by atoms with Crippen LogP contribution in [0.5, 0.6) is 0 Å². The summed E-state index contributed by atoms with van der Waals surface area (Å²) < 4.78 is 0. The lowest BCUT2D eigenvalue weighted by Gasteiger charge is -2.39. The van der Waals surface area contributed by atoms with Crippen molar-refractivity contribution in [1.29, 1.82) is 0 Å². The average molecular weight is 269 g/mol. The molecule has 1 unspecified atom stereocenters. The SMILES string of the molecule is CCN1CCC(CC2CNCCN2CC(=O)O)CC1. The molecule has 110 valence electrons. The summed E-state index contributed by atoms with van der Waals surface area (Å²) in [5, 5.41) is 12.4. The van der Waals surface area contributed by atoms with Crippen molar-refractivity contribution < 1.29 is 9.90 Å². The number of carboxylic acids is 1. The summed E-state index contributed by atoms with van der Waals surface area (Å²) in [6, 6.07) is 0.406. The Kier molecular flexibility index (Phi) is 5.60. The summed E-state index contributed by atoms with van der Waals surface area (Å²) in [4.78, 5) is 15.6. The first-order valence-electron chi connectivity index (χ1n) is 7.58. The van der Waals surface area contributed by atoms with Crippen LogP contribution in [-0.4, -0.2) is 72.7 Å². The molecule has 5 nitrogen and oxygen atoms in total. The van der Waals surface area contributed by atoms with E-state index in [1.807, 2.05) is 0 Å². The van der Waals surface area contributed by atoms with E-state index in [0.717, 1.165) is 38.5 Å². The zero-order chi connectivity index (χ0) is 13.7. The van der Waals surface area contributed by atoms with Gasteiger partial charge in [-0.2, -0.15) is 0 Å². The van der Waals surface area contributed by atoms with Gasteiger partial charge in [-0.05, 0) is 44.8 Å². The van der Waals surface area contributed by atoms with E-state index < -0.39 is 5.97 Å². The fourth-order valence-electron chi connectivity index (χ4n) is 3.34. The highest BCUT2D eigenvalue weighted by molar-refractivity contribution is 5.69. The fourth-order valence-corrected chi connectivity index (χ4v) is 3.34. The van der Waals surface area contributed by atoms with Crippen LogP contribution in [0.15, 0.2) is 0 Å². The highest BCUT2D eigenvalue weighted by Gasteiger charge is 2.28. The lowest BCUT2D eigenvalue weighted by molar-refractivity contribution is -0.139. The first kappa shape index (κ1) is 14.8. The lowest BCUT2D eigenvalue weighted by Crippen LogP contribution is -2.53. The van der Waals surface area contributed by atoms with Gasteiger partial charge >= 0.3 is 5.97 Å². The molecule has 2 fully saturated rings. The maximum Gasteiger partial charge on any atom is 0.317 e. The highest BCUT2D eigenvalue weighted by Crippen LogP contribution is 2.24. The Bertz CT molecular complexity index is 290. The summed E-state index contributed by atoms with van der Waals surface area (Å²) in [6.07, 6.45) is 3.69. The van der Waals surface area contributed by atoms with E-state index in [1.54, 1.807) is 0 Å². The first-order chi connectivity index (χ1) is 9.19. The molecule has 2 saturated heterocycles. The van der Waals surface area contributed by atoms with Crippen molar-refractivity contribution in [2.24, 2.45) is 5.92 Å². The van der Waals surface area contributed by atoms with Crippen LogP contribution in [0.3, 0.4) is 0 Å². The van der Waals surface area contributed by atoms with Gasteiger partial charge in [-0.15, -0.1) is 0 Å². The second kappa shape index (κ2) is 7.22. The summed E-state index contributed by atoms with van der Waals surface area (Å²) in [7, 11) is 0. The molecule has 0 bridgehead atoms.